The fourth-order valence-corrected chi connectivity index (χ4v) is 1.89. The minimum absolute atomic E-state index is 0.0888. The van der Waals surface area contributed by atoms with Gasteiger partial charge in [-0.3, -0.25) is 4.79 Å². The molecule has 2 aromatic rings. The number of aromatic nitrogens is 1. The first-order chi connectivity index (χ1) is 9.88. The fourth-order valence-electron chi connectivity index (χ4n) is 1.55. The molecule has 0 atom stereocenters. The van der Waals surface area contributed by atoms with Crippen molar-refractivity contribution < 1.29 is 19.8 Å². The van der Waals surface area contributed by atoms with Gasteiger partial charge in [0.25, 0.3) is 5.91 Å². The number of carbonyl (C=O) groups excluding carboxylic acids is 1. The van der Waals surface area contributed by atoms with E-state index in [1.165, 1.54) is 18.2 Å². The van der Waals surface area contributed by atoms with Crippen LogP contribution in [0.2, 0.25) is 10.2 Å². The highest BCUT2D eigenvalue weighted by atomic mass is 35.5. The van der Waals surface area contributed by atoms with E-state index in [9.17, 15) is 14.7 Å². The molecule has 1 aromatic carbocycles. The number of rotatable bonds is 3. The highest BCUT2D eigenvalue weighted by molar-refractivity contribution is 6.35. The number of anilines is 1. The molecule has 0 saturated heterocycles. The second-order valence-corrected chi connectivity index (χ2v) is 4.75. The molecular formula is C13H8Cl2N2O4. The summed E-state index contributed by atoms with van der Waals surface area (Å²) in [5.74, 6) is -2.37. The van der Waals surface area contributed by atoms with Gasteiger partial charge >= 0.3 is 5.97 Å². The lowest BCUT2D eigenvalue weighted by Gasteiger charge is -2.08. The number of hydrogen-bond acceptors (Lipinski definition) is 4. The SMILES string of the molecule is O=C(O)c1cc(NC(=O)c2nc(Cl)ccc2Cl)ccc1O. The molecule has 0 fully saturated rings. The molecule has 0 bridgehead atoms. The highest BCUT2D eigenvalue weighted by Crippen LogP contribution is 2.23. The van der Waals surface area contributed by atoms with Crippen LogP contribution in [0.1, 0.15) is 20.8 Å². The van der Waals surface area contributed by atoms with Crippen molar-refractivity contribution in [1.29, 1.82) is 0 Å². The van der Waals surface area contributed by atoms with Gasteiger partial charge in [0.05, 0.1) is 5.02 Å². The molecule has 2 rings (SSSR count). The minimum atomic E-state index is -1.32. The number of aromatic hydroxyl groups is 1. The van der Waals surface area contributed by atoms with E-state index in [2.05, 4.69) is 10.3 Å². The van der Waals surface area contributed by atoms with Gasteiger partial charge in [-0.05, 0) is 30.3 Å². The second kappa shape index (κ2) is 5.99. The van der Waals surface area contributed by atoms with Crippen LogP contribution < -0.4 is 5.32 Å². The average molecular weight is 327 g/mol. The molecule has 1 aromatic heterocycles. The van der Waals surface area contributed by atoms with E-state index >= 15 is 0 Å². The van der Waals surface area contributed by atoms with Gasteiger partial charge in [0.2, 0.25) is 0 Å². The van der Waals surface area contributed by atoms with Crippen LogP contribution in [0, 0.1) is 0 Å². The number of amides is 1. The van der Waals surface area contributed by atoms with Gasteiger partial charge in [-0.1, -0.05) is 23.2 Å². The normalized spacial score (nSPS) is 10.2. The Morgan fingerprint density at radius 1 is 1.14 bits per heavy atom. The molecule has 21 heavy (non-hydrogen) atoms. The lowest BCUT2D eigenvalue weighted by atomic mass is 10.1. The number of halogens is 2. The van der Waals surface area contributed by atoms with Crippen molar-refractivity contribution in [1.82, 2.24) is 4.98 Å². The Bertz CT molecular complexity index is 734. The van der Waals surface area contributed by atoms with E-state index < -0.39 is 17.6 Å². The maximum atomic E-state index is 12.0. The number of aromatic carboxylic acids is 1. The van der Waals surface area contributed by atoms with Gasteiger partial charge in [-0.15, -0.1) is 0 Å². The van der Waals surface area contributed by atoms with E-state index in [-0.39, 0.29) is 27.1 Å². The maximum absolute atomic E-state index is 12.0. The summed E-state index contributed by atoms with van der Waals surface area (Å²) in [6.45, 7) is 0. The third-order valence-electron chi connectivity index (χ3n) is 2.51. The van der Waals surface area contributed by atoms with E-state index in [1.54, 1.807) is 0 Å². The molecule has 0 radical (unpaired) electrons. The minimum Gasteiger partial charge on any atom is -0.507 e. The molecule has 0 unspecified atom stereocenters. The van der Waals surface area contributed by atoms with Crippen molar-refractivity contribution in [3.8, 4) is 5.75 Å². The summed E-state index contributed by atoms with van der Waals surface area (Å²) in [6, 6.07) is 6.48. The predicted octanol–water partition coefficient (Wildman–Crippen LogP) is 3.04. The fraction of sp³-hybridized carbons (Fsp3) is 0. The smallest absolute Gasteiger partial charge is 0.339 e. The molecule has 0 saturated carbocycles. The largest absolute Gasteiger partial charge is 0.507 e. The summed E-state index contributed by atoms with van der Waals surface area (Å²) in [4.78, 5) is 26.7. The number of pyridine rings is 1. The maximum Gasteiger partial charge on any atom is 0.339 e. The third-order valence-corrected chi connectivity index (χ3v) is 3.03. The first-order valence-corrected chi connectivity index (χ1v) is 6.34. The van der Waals surface area contributed by atoms with Crippen molar-refractivity contribution in [2.75, 3.05) is 5.32 Å². The van der Waals surface area contributed by atoms with Gasteiger partial charge in [-0.25, -0.2) is 9.78 Å². The molecule has 8 heteroatoms. The van der Waals surface area contributed by atoms with Gasteiger partial charge < -0.3 is 15.5 Å². The van der Waals surface area contributed by atoms with Crippen LogP contribution in [0.15, 0.2) is 30.3 Å². The topological polar surface area (TPSA) is 99.5 Å². The zero-order valence-electron chi connectivity index (χ0n) is 10.3. The average Bonchev–Trinajstić information content (AvgIpc) is 2.43. The van der Waals surface area contributed by atoms with Crippen LogP contribution in [0.3, 0.4) is 0 Å². The van der Waals surface area contributed by atoms with E-state index in [0.29, 0.717) is 0 Å². The number of carboxylic acid groups (broad SMARTS) is 1. The standard InChI is InChI=1S/C13H8Cl2N2O4/c14-8-2-4-10(15)17-11(8)12(19)16-6-1-3-9(18)7(5-6)13(20)21/h1-5,18H,(H,16,19)(H,20,21). The highest BCUT2D eigenvalue weighted by Gasteiger charge is 2.15. The Hall–Kier alpha value is -2.31. The number of hydrogen-bond donors (Lipinski definition) is 3. The van der Waals surface area contributed by atoms with Crippen LogP contribution in [-0.4, -0.2) is 27.1 Å². The predicted molar refractivity (Wildman–Crippen MR) is 77.3 cm³/mol. The monoisotopic (exact) mass is 326 g/mol. The Labute approximate surface area is 129 Å². The van der Waals surface area contributed by atoms with Crippen LogP contribution in [0.25, 0.3) is 0 Å². The van der Waals surface area contributed by atoms with Gasteiger partial charge in [0.1, 0.15) is 22.2 Å². The van der Waals surface area contributed by atoms with Crippen molar-refractivity contribution in [3.05, 3.63) is 51.8 Å². The number of nitrogens with one attached hydrogen (secondary N) is 1. The van der Waals surface area contributed by atoms with Crippen molar-refractivity contribution in [2.45, 2.75) is 0 Å². The Morgan fingerprint density at radius 2 is 1.86 bits per heavy atom. The van der Waals surface area contributed by atoms with Crippen LogP contribution in [0.4, 0.5) is 5.69 Å². The molecule has 1 heterocycles. The van der Waals surface area contributed by atoms with Crippen LogP contribution >= 0.6 is 23.2 Å². The molecule has 0 aliphatic rings. The van der Waals surface area contributed by atoms with Gasteiger partial charge in [0, 0.05) is 5.69 Å². The number of phenols is 1. The Morgan fingerprint density at radius 3 is 2.52 bits per heavy atom. The first kappa shape index (κ1) is 15.1. The van der Waals surface area contributed by atoms with Crippen molar-refractivity contribution >= 4 is 40.8 Å². The van der Waals surface area contributed by atoms with Crippen molar-refractivity contribution in [3.63, 3.8) is 0 Å². The van der Waals surface area contributed by atoms with Crippen molar-refractivity contribution in [2.24, 2.45) is 0 Å². The van der Waals surface area contributed by atoms with Gasteiger partial charge in [-0.2, -0.15) is 0 Å². The second-order valence-electron chi connectivity index (χ2n) is 3.96. The quantitative estimate of drug-likeness (QED) is 0.594. The molecule has 0 spiro atoms. The summed E-state index contributed by atoms with van der Waals surface area (Å²) in [6.07, 6.45) is 0. The molecule has 3 N–H and O–H groups in total. The zero-order valence-corrected chi connectivity index (χ0v) is 11.8. The van der Waals surface area contributed by atoms with E-state index in [4.69, 9.17) is 28.3 Å². The van der Waals surface area contributed by atoms with Gasteiger partial charge in [0.15, 0.2) is 0 Å². The number of nitrogens with zero attached hydrogens (tertiary/aromatic N) is 1. The Balaban J connectivity index is 2.29. The summed E-state index contributed by atoms with van der Waals surface area (Å²) < 4.78 is 0. The molecule has 0 aliphatic heterocycles. The van der Waals surface area contributed by atoms with Crippen LogP contribution in [0.5, 0.6) is 5.75 Å². The number of benzene rings is 1. The molecular weight excluding hydrogens is 319 g/mol. The lowest BCUT2D eigenvalue weighted by molar-refractivity contribution is 0.0693. The van der Waals surface area contributed by atoms with E-state index in [0.717, 1.165) is 12.1 Å². The van der Waals surface area contributed by atoms with E-state index in [1.807, 2.05) is 0 Å². The molecule has 1 amide bonds. The first-order valence-electron chi connectivity index (χ1n) is 5.58. The number of carbonyl (C=O) groups is 2. The third kappa shape index (κ3) is 3.42. The summed E-state index contributed by atoms with van der Waals surface area (Å²) in [5, 5.41) is 20.9. The Kier molecular flexibility index (Phi) is 4.30. The van der Waals surface area contributed by atoms with Crippen LogP contribution in [-0.2, 0) is 0 Å². The zero-order chi connectivity index (χ0) is 15.6. The molecule has 0 aliphatic carbocycles. The summed E-state index contributed by atoms with van der Waals surface area (Å²) >= 11 is 11.5. The lowest BCUT2D eigenvalue weighted by Crippen LogP contribution is -2.14. The summed E-state index contributed by atoms with van der Waals surface area (Å²) in [5.41, 5.74) is -0.250. The molecule has 108 valence electrons. The molecule has 6 nitrogen and oxygen atoms in total. The number of carboxylic acids is 1. The summed E-state index contributed by atoms with van der Waals surface area (Å²) in [7, 11) is 0.